The third-order valence-electron chi connectivity index (χ3n) is 5.68. The molecule has 0 aliphatic heterocycles. The van der Waals surface area contributed by atoms with E-state index in [9.17, 15) is 4.79 Å². The highest BCUT2D eigenvalue weighted by Crippen LogP contribution is 2.56. The van der Waals surface area contributed by atoms with Gasteiger partial charge in [-0.25, -0.2) is 0 Å². The van der Waals surface area contributed by atoms with Gasteiger partial charge in [0.1, 0.15) is 5.78 Å². The van der Waals surface area contributed by atoms with Gasteiger partial charge in [0.2, 0.25) is 0 Å². The van der Waals surface area contributed by atoms with Gasteiger partial charge < -0.3 is 0 Å². The normalized spacial score (nSPS) is 40.4. The summed E-state index contributed by atoms with van der Waals surface area (Å²) in [6.07, 6.45) is 7.12. The molecule has 1 nitrogen and oxygen atoms in total. The van der Waals surface area contributed by atoms with Crippen LogP contribution in [0.3, 0.4) is 0 Å². The Bertz CT molecular complexity index is 364. The van der Waals surface area contributed by atoms with Crippen molar-refractivity contribution in [2.24, 2.45) is 22.7 Å². The minimum Gasteiger partial charge on any atom is -0.299 e. The van der Waals surface area contributed by atoms with Crippen molar-refractivity contribution in [3.8, 4) is 0 Å². The van der Waals surface area contributed by atoms with Crippen LogP contribution in [0.4, 0.5) is 0 Å². The molecule has 17 heavy (non-hydrogen) atoms. The van der Waals surface area contributed by atoms with Crippen molar-refractivity contribution in [3.05, 3.63) is 11.6 Å². The molecule has 0 radical (unpaired) electrons. The van der Waals surface area contributed by atoms with Crippen LogP contribution < -0.4 is 0 Å². The number of hydrogen-bond acceptors (Lipinski definition) is 1. The highest BCUT2D eigenvalue weighted by atomic mass is 16.1. The molecule has 0 heterocycles. The van der Waals surface area contributed by atoms with E-state index in [1.165, 1.54) is 12.8 Å². The van der Waals surface area contributed by atoms with Crippen LogP contribution in [-0.2, 0) is 4.79 Å². The first-order valence-corrected chi connectivity index (χ1v) is 6.99. The molecule has 2 aliphatic carbocycles. The lowest BCUT2D eigenvalue weighted by Crippen LogP contribution is -2.47. The molecule has 0 amide bonds. The first-order chi connectivity index (χ1) is 7.79. The number of carbonyl (C=O) groups excluding carboxylic acids is 1. The SMILES string of the molecule is CC(=O)C1(C)CCC2=CCCC(C)(C)C2C1C. The summed E-state index contributed by atoms with van der Waals surface area (Å²) in [4.78, 5) is 12.0. The van der Waals surface area contributed by atoms with Crippen LogP contribution in [0.15, 0.2) is 11.6 Å². The van der Waals surface area contributed by atoms with E-state index in [-0.39, 0.29) is 5.41 Å². The zero-order chi connectivity index (χ0) is 12.8. The Balaban J connectivity index is 2.39. The molecule has 2 rings (SSSR count). The Hall–Kier alpha value is -0.590. The Morgan fingerprint density at radius 3 is 2.53 bits per heavy atom. The zero-order valence-corrected chi connectivity index (χ0v) is 12.0. The molecular weight excluding hydrogens is 208 g/mol. The van der Waals surface area contributed by atoms with Crippen molar-refractivity contribution in [3.63, 3.8) is 0 Å². The molecule has 0 aromatic heterocycles. The predicted molar refractivity (Wildman–Crippen MR) is 71.8 cm³/mol. The van der Waals surface area contributed by atoms with Crippen molar-refractivity contribution in [2.75, 3.05) is 0 Å². The van der Waals surface area contributed by atoms with Crippen LogP contribution in [-0.4, -0.2) is 5.78 Å². The molecule has 1 saturated carbocycles. The molecule has 2 aliphatic rings. The smallest absolute Gasteiger partial charge is 0.135 e. The summed E-state index contributed by atoms with van der Waals surface area (Å²) in [6, 6.07) is 0. The monoisotopic (exact) mass is 234 g/mol. The number of rotatable bonds is 1. The Kier molecular flexibility index (Phi) is 3.00. The van der Waals surface area contributed by atoms with E-state index in [0.717, 1.165) is 12.8 Å². The third kappa shape index (κ3) is 1.88. The summed E-state index contributed by atoms with van der Waals surface area (Å²) in [7, 11) is 0. The van der Waals surface area contributed by atoms with E-state index in [1.807, 2.05) is 0 Å². The Morgan fingerprint density at radius 1 is 1.29 bits per heavy atom. The second-order valence-electron chi connectivity index (χ2n) is 7.05. The van der Waals surface area contributed by atoms with Crippen molar-refractivity contribution >= 4 is 5.78 Å². The fraction of sp³-hybridized carbons (Fsp3) is 0.812. The van der Waals surface area contributed by atoms with Gasteiger partial charge in [0.15, 0.2) is 0 Å². The van der Waals surface area contributed by atoms with Crippen LogP contribution in [0.1, 0.15) is 60.3 Å². The summed E-state index contributed by atoms with van der Waals surface area (Å²) in [5.41, 5.74) is 1.89. The van der Waals surface area contributed by atoms with E-state index in [2.05, 4.69) is 33.8 Å². The third-order valence-corrected chi connectivity index (χ3v) is 5.68. The lowest BCUT2D eigenvalue weighted by molar-refractivity contribution is -0.132. The van der Waals surface area contributed by atoms with E-state index in [1.54, 1.807) is 12.5 Å². The summed E-state index contributed by atoms with van der Waals surface area (Å²) in [6.45, 7) is 11.0. The highest BCUT2D eigenvalue weighted by molar-refractivity contribution is 5.82. The minimum atomic E-state index is -0.101. The topological polar surface area (TPSA) is 17.1 Å². The second-order valence-corrected chi connectivity index (χ2v) is 7.05. The van der Waals surface area contributed by atoms with Crippen LogP contribution in [0, 0.1) is 22.7 Å². The van der Waals surface area contributed by atoms with Crippen LogP contribution in [0.5, 0.6) is 0 Å². The van der Waals surface area contributed by atoms with Crippen molar-refractivity contribution in [1.29, 1.82) is 0 Å². The summed E-state index contributed by atoms with van der Waals surface area (Å²) < 4.78 is 0. The average Bonchev–Trinajstić information content (AvgIpc) is 2.22. The molecule has 1 fully saturated rings. The van der Waals surface area contributed by atoms with Gasteiger partial charge in [-0.3, -0.25) is 4.79 Å². The van der Waals surface area contributed by atoms with E-state index in [0.29, 0.717) is 23.0 Å². The van der Waals surface area contributed by atoms with Crippen LogP contribution in [0.25, 0.3) is 0 Å². The molecule has 0 aromatic carbocycles. The molecule has 0 aromatic rings. The van der Waals surface area contributed by atoms with Crippen molar-refractivity contribution in [2.45, 2.75) is 60.3 Å². The largest absolute Gasteiger partial charge is 0.299 e. The van der Waals surface area contributed by atoms with Gasteiger partial charge in [0, 0.05) is 5.41 Å². The van der Waals surface area contributed by atoms with E-state index >= 15 is 0 Å². The second kappa shape index (κ2) is 3.96. The fourth-order valence-electron chi connectivity index (χ4n) is 4.17. The number of ketones is 1. The van der Waals surface area contributed by atoms with E-state index in [4.69, 9.17) is 0 Å². The highest BCUT2D eigenvalue weighted by Gasteiger charge is 2.50. The summed E-state index contributed by atoms with van der Waals surface area (Å²) in [5.74, 6) is 1.47. The van der Waals surface area contributed by atoms with Crippen LogP contribution in [0.2, 0.25) is 0 Å². The molecular formula is C16H26O. The van der Waals surface area contributed by atoms with Gasteiger partial charge in [-0.2, -0.15) is 0 Å². The van der Waals surface area contributed by atoms with Gasteiger partial charge in [-0.15, -0.1) is 0 Å². The zero-order valence-electron chi connectivity index (χ0n) is 12.0. The molecule has 3 atom stereocenters. The first-order valence-electron chi connectivity index (χ1n) is 6.99. The molecule has 96 valence electrons. The number of Topliss-reactive ketones (excluding diaryl/α,β-unsaturated/α-hetero) is 1. The first kappa shape index (κ1) is 12.9. The quantitative estimate of drug-likeness (QED) is 0.616. The number of hydrogen-bond donors (Lipinski definition) is 0. The van der Waals surface area contributed by atoms with Crippen molar-refractivity contribution < 1.29 is 4.79 Å². The maximum atomic E-state index is 12.0. The van der Waals surface area contributed by atoms with Gasteiger partial charge in [0.05, 0.1) is 0 Å². The molecule has 0 bridgehead atoms. The molecule has 3 unspecified atom stereocenters. The number of allylic oxidation sites excluding steroid dienone is 2. The van der Waals surface area contributed by atoms with E-state index < -0.39 is 0 Å². The lowest BCUT2D eigenvalue weighted by atomic mass is 9.52. The average molecular weight is 234 g/mol. The van der Waals surface area contributed by atoms with Crippen molar-refractivity contribution in [1.82, 2.24) is 0 Å². The maximum absolute atomic E-state index is 12.0. The lowest BCUT2D eigenvalue weighted by Gasteiger charge is -2.52. The Labute approximate surface area is 106 Å². The van der Waals surface area contributed by atoms with Crippen LogP contribution >= 0.6 is 0 Å². The fourth-order valence-corrected chi connectivity index (χ4v) is 4.17. The summed E-state index contributed by atoms with van der Waals surface area (Å²) >= 11 is 0. The number of carbonyl (C=O) groups is 1. The van der Waals surface area contributed by atoms with Gasteiger partial charge in [-0.1, -0.05) is 39.3 Å². The standard InChI is InChI=1S/C16H26O/c1-11-14-13(7-6-9-15(14,3)4)8-10-16(11,5)12(2)17/h7,11,14H,6,8-10H2,1-5H3. The molecule has 1 heteroatoms. The molecule has 0 saturated heterocycles. The maximum Gasteiger partial charge on any atom is 0.135 e. The number of fused-ring (bicyclic) bond motifs is 1. The minimum absolute atomic E-state index is 0.101. The Morgan fingerprint density at radius 2 is 1.94 bits per heavy atom. The molecule has 0 spiro atoms. The van der Waals surface area contributed by atoms with Gasteiger partial charge in [0.25, 0.3) is 0 Å². The summed E-state index contributed by atoms with van der Waals surface area (Å²) in [5, 5.41) is 0. The van der Waals surface area contributed by atoms with Gasteiger partial charge in [-0.05, 0) is 49.9 Å². The van der Waals surface area contributed by atoms with Gasteiger partial charge >= 0.3 is 0 Å². The predicted octanol–water partition coefficient (Wildman–Crippen LogP) is 4.37. The molecule has 0 N–H and O–H groups in total.